The smallest absolute Gasteiger partial charge is 0.0702 e. The lowest BCUT2D eigenvalue weighted by Crippen LogP contribution is -2.18. The molecule has 3 nitrogen and oxygen atoms in total. The Kier molecular flexibility index (Phi) is 3.95. The SMILES string of the molecule is Cc1ccc(N(C)Cc2ccncc2)c(CO)c1. The van der Waals surface area contributed by atoms with Crippen molar-refractivity contribution < 1.29 is 5.11 Å². The van der Waals surface area contributed by atoms with Crippen molar-refractivity contribution >= 4 is 5.69 Å². The topological polar surface area (TPSA) is 36.4 Å². The number of aromatic nitrogens is 1. The van der Waals surface area contributed by atoms with Crippen molar-refractivity contribution in [1.29, 1.82) is 0 Å². The number of hydrogen-bond acceptors (Lipinski definition) is 3. The van der Waals surface area contributed by atoms with E-state index >= 15 is 0 Å². The fourth-order valence-electron chi connectivity index (χ4n) is 2.06. The highest BCUT2D eigenvalue weighted by Gasteiger charge is 2.07. The van der Waals surface area contributed by atoms with Gasteiger partial charge in [0.2, 0.25) is 0 Å². The van der Waals surface area contributed by atoms with Gasteiger partial charge in [-0.25, -0.2) is 0 Å². The van der Waals surface area contributed by atoms with E-state index in [1.165, 1.54) is 11.1 Å². The molecule has 2 rings (SSSR count). The molecule has 0 amide bonds. The van der Waals surface area contributed by atoms with Gasteiger partial charge in [-0.05, 0) is 30.7 Å². The molecule has 0 fully saturated rings. The molecule has 0 aliphatic rings. The zero-order valence-electron chi connectivity index (χ0n) is 10.8. The van der Waals surface area contributed by atoms with E-state index < -0.39 is 0 Å². The molecule has 2 aromatic rings. The molecule has 1 aromatic heterocycles. The predicted octanol–water partition coefficient (Wildman–Crippen LogP) is 2.52. The molecule has 0 saturated heterocycles. The standard InChI is InChI=1S/C15H18N2O/c1-12-3-4-15(14(9-12)11-18)17(2)10-13-5-7-16-8-6-13/h3-9,18H,10-11H2,1-2H3. The summed E-state index contributed by atoms with van der Waals surface area (Å²) < 4.78 is 0. The Balaban J connectivity index is 2.21. The lowest BCUT2D eigenvalue weighted by Gasteiger charge is -2.22. The molecule has 94 valence electrons. The van der Waals surface area contributed by atoms with Crippen LogP contribution in [0.3, 0.4) is 0 Å². The lowest BCUT2D eigenvalue weighted by molar-refractivity contribution is 0.282. The van der Waals surface area contributed by atoms with Gasteiger partial charge in [-0.3, -0.25) is 4.98 Å². The van der Waals surface area contributed by atoms with Gasteiger partial charge in [0.1, 0.15) is 0 Å². The van der Waals surface area contributed by atoms with E-state index in [1.807, 2.05) is 32.2 Å². The van der Waals surface area contributed by atoms with E-state index in [-0.39, 0.29) is 6.61 Å². The fourth-order valence-corrected chi connectivity index (χ4v) is 2.06. The maximum Gasteiger partial charge on any atom is 0.0702 e. The first kappa shape index (κ1) is 12.6. The van der Waals surface area contributed by atoms with Gasteiger partial charge in [0, 0.05) is 37.2 Å². The Morgan fingerprint density at radius 3 is 2.56 bits per heavy atom. The van der Waals surface area contributed by atoms with Crippen LogP contribution in [0.25, 0.3) is 0 Å². The van der Waals surface area contributed by atoms with Crippen LogP contribution in [-0.2, 0) is 13.2 Å². The van der Waals surface area contributed by atoms with E-state index in [4.69, 9.17) is 0 Å². The Morgan fingerprint density at radius 2 is 1.89 bits per heavy atom. The van der Waals surface area contributed by atoms with Crippen molar-refractivity contribution in [2.24, 2.45) is 0 Å². The number of pyridine rings is 1. The van der Waals surface area contributed by atoms with Gasteiger partial charge in [0.25, 0.3) is 0 Å². The highest BCUT2D eigenvalue weighted by Crippen LogP contribution is 2.22. The summed E-state index contributed by atoms with van der Waals surface area (Å²) in [5, 5.41) is 9.42. The van der Waals surface area contributed by atoms with Crippen LogP contribution in [0, 0.1) is 6.92 Å². The van der Waals surface area contributed by atoms with E-state index in [2.05, 4.69) is 22.0 Å². The minimum atomic E-state index is 0.0672. The zero-order chi connectivity index (χ0) is 13.0. The van der Waals surface area contributed by atoms with Crippen LogP contribution in [0.5, 0.6) is 0 Å². The van der Waals surface area contributed by atoms with Crippen LogP contribution in [0.1, 0.15) is 16.7 Å². The summed E-state index contributed by atoms with van der Waals surface area (Å²) in [7, 11) is 2.03. The maximum atomic E-state index is 9.42. The van der Waals surface area contributed by atoms with Crippen molar-refractivity contribution in [3.8, 4) is 0 Å². The number of aliphatic hydroxyl groups excluding tert-OH is 1. The summed E-state index contributed by atoms with van der Waals surface area (Å²) in [5.74, 6) is 0. The number of nitrogens with zero attached hydrogens (tertiary/aromatic N) is 2. The number of aryl methyl sites for hydroxylation is 1. The van der Waals surface area contributed by atoms with E-state index in [9.17, 15) is 5.11 Å². The highest BCUT2D eigenvalue weighted by atomic mass is 16.3. The fraction of sp³-hybridized carbons (Fsp3) is 0.267. The summed E-state index contributed by atoms with van der Waals surface area (Å²) in [6.45, 7) is 2.90. The monoisotopic (exact) mass is 242 g/mol. The first-order chi connectivity index (χ1) is 8.70. The van der Waals surface area contributed by atoms with E-state index in [0.717, 1.165) is 17.8 Å². The average Bonchev–Trinajstić information content (AvgIpc) is 2.39. The maximum absolute atomic E-state index is 9.42. The normalized spacial score (nSPS) is 10.4. The van der Waals surface area contributed by atoms with E-state index in [1.54, 1.807) is 12.4 Å². The third-order valence-corrected chi connectivity index (χ3v) is 2.99. The average molecular weight is 242 g/mol. The summed E-state index contributed by atoms with van der Waals surface area (Å²) in [5.41, 5.74) is 4.41. The van der Waals surface area contributed by atoms with Gasteiger partial charge in [0.15, 0.2) is 0 Å². The number of hydrogen-bond donors (Lipinski definition) is 1. The molecule has 1 N–H and O–H groups in total. The molecule has 0 bridgehead atoms. The molecule has 0 aliphatic heterocycles. The molecule has 0 atom stereocenters. The molecule has 0 unspecified atom stereocenters. The molecule has 0 radical (unpaired) electrons. The van der Waals surface area contributed by atoms with Gasteiger partial charge in [-0.2, -0.15) is 0 Å². The molecule has 0 spiro atoms. The van der Waals surface area contributed by atoms with Crippen LogP contribution >= 0.6 is 0 Å². The summed E-state index contributed by atoms with van der Waals surface area (Å²) in [4.78, 5) is 6.15. The lowest BCUT2D eigenvalue weighted by atomic mass is 10.1. The quantitative estimate of drug-likeness (QED) is 0.895. The predicted molar refractivity (Wildman–Crippen MR) is 73.4 cm³/mol. The van der Waals surface area contributed by atoms with Crippen molar-refractivity contribution in [3.63, 3.8) is 0 Å². The number of anilines is 1. The molecule has 0 saturated carbocycles. The van der Waals surface area contributed by atoms with Crippen LogP contribution in [0.2, 0.25) is 0 Å². The molecule has 0 aliphatic carbocycles. The second-order valence-corrected chi connectivity index (χ2v) is 4.50. The summed E-state index contributed by atoms with van der Waals surface area (Å²) in [6.07, 6.45) is 3.59. The van der Waals surface area contributed by atoms with Gasteiger partial charge in [-0.15, -0.1) is 0 Å². The first-order valence-electron chi connectivity index (χ1n) is 6.01. The highest BCUT2D eigenvalue weighted by molar-refractivity contribution is 5.54. The largest absolute Gasteiger partial charge is 0.392 e. The van der Waals surface area contributed by atoms with Gasteiger partial charge in [-0.1, -0.05) is 17.7 Å². The van der Waals surface area contributed by atoms with Crippen molar-refractivity contribution in [2.45, 2.75) is 20.1 Å². The Labute approximate surface area is 108 Å². The van der Waals surface area contributed by atoms with Crippen LogP contribution in [-0.4, -0.2) is 17.1 Å². The van der Waals surface area contributed by atoms with Gasteiger partial charge in [0.05, 0.1) is 6.61 Å². The second kappa shape index (κ2) is 5.65. The molecule has 3 heteroatoms. The molecular weight excluding hydrogens is 224 g/mol. The molecular formula is C15H18N2O. The van der Waals surface area contributed by atoms with Crippen LogP contribution < -0.4 is 4.90 Å². The molecule has 1 aromatic carbocycles. The summed E-state index contributed by atoms with van der Waals surface area (Å²) >= 11 is 0. The minimum absolute atomic E-state index is 0.0672. The molecule has 18 heavy (non-hydrogen) atoms. The number of aliphatic hydroxyl groups is 1. The zero-order valence-corrected chi connectivity index (χ0v) is 10.8. The third-order valence-electron chi connectivity index (χ3n) is 2.99. The van der Waals surface area contributed by atoms with Crippen molar-refractivity contribution in [1.82, 2.24) is 4.98 Å². The van der Waals surface area contributed by atoms with Gasteiger partial charge < -0.3 is 10.0 Å². The summed E-state index contributed by atoms with van der Waals surface area (Å²) in [6, 6.07) is 10.2. The Hall–Kier alpha value is -1.87. The second-order valence-electron chi connectivity index (χ2n) is 4.50. The first-order valence-corrected chi connectivity index (χ1v) is 6.01. The number of benzene rings is 1. The van der Waals surface area contributed by atoms with Crippen LogP contribution in [0.4, 0.5) is 5.69 Å². The number of rotatable bonds is 4. The van der Waals surface area contributed by atoms with Crippen LogP contribution in [0.15, 0.2) is 42.7 Å². The Bertz CT molecular complexity index is 511. The van der Waals surface area contributed by atoms with Crippen molar-refractivity contribution in [3.05, 3.63) is 59.4 Å². The molecule has 1 heterocycles. The van der Waals surface area contributed by atoms with Crippen molar-refractivity contribution in [2.75, 3.05) is 11.9 Å². The van der Waals surface area contributed by atoms with E-state index in [0.29, 0.717) is 0 Å². The minimum Gasteiger partial charge on any atom is -0.392 e. The third kappa shape index (κ3) is 2.87. The van der Waals surface area contributed by atoms with Gasteiger partial charge >= 0.3 is 0 Å². The Morgan fingerprint density at radius 1 is 1.17 bits per heavy atom.